The molecule has 1 rings (SSSR count). The molecule has 0 saturated heterocycles. The highest BCUT2D eigenvalue weighted by molar-refractivity contribution is 7.80. The third-order valence-electron chi connectivity index (χ3n) is 2.01. The summed E-state index contributed by atoms with van der Waals surface area (Å²) in [6.45, 7) is 0.244. The fraction of sp³-hybridized carbons (Fsp3) is 0.182. The molecule has 0 unspecified atom stereocenters. The number of halogens is 4. The number of alkyl halides is 3. The highest BCUT2D eigenvalue weighted by Gasteiger charge is 2.31. The maximum Gasteiger partial charge on any atom is 0.573 e. The average Bonchev–Trinajstić information content (AvgIpc) is 2.27. The Morgan fingerprint density at radius 2 is 2.16 bits per heavy atom. The van der Waals surface area contributed by atoms with E-state index in [1.54, 1.807) is 12.1 Å². The predicted octanol–water partition coefficient (Wildman–Crippen LogP) is 3.39. The second-order valence-corrected chi connectivity index (χ2v) is 4.03. The van der Waals surface area contributed by atoms with Crippen LogP contribution in [0.5, 0.6) is 5.75 Å². The minimum absolute atomic E-state index is 0.0129. The molecule has 0 amide bonds. The predicted molar refractivity (Wildman–Crippen MR) is 72.2 cm³/mol. The van der Waals surface area contributed by atoms with Crippen LogP contribution >= 0.6 is 23.8 Å². The van der Waals surface area contributed by atoms with Crippen molar-refractivity contribution in [3.05, 3.63) is 35.9 Å². The van der Waals surface area contributed by atoms with Gasteiger partial charge in [0.1, 0.15) is 5.75 Å². The molecule has 0 aliphatic heterocycles. The van der Waals surface area contributed by atoms with Gasteiger partial charge in [-0.25, -0.2) is 0 Å². The number of rotatable bonds is 4. The Morgan fingerprint density at radius 1 is 1.47 bits per heavy atom. The Balaban J connectivity index is 2.98. The van der Waals surface area contributed by atoms with Gasteiger partial charge in [-0.2, -0.15) is 0 Å². The van der Waals surface area contributed by atoms with E-state index in [0.717, 1.165) is 0 Å². The second kappa shape index (κ2) is 6.63. The summed E-state index contributed by atoms with van der Waals surface area (Å²) in [5, 5.41) is 0.0129. The summed E-state index contributed by atoms with van der Waals surface area (Å²) < 4.78 is 40.2. The minimum Gasteiger partial charge on any atom is -0.406 e. The summed E-state index contributed by atoms with van der Waals surface area (Å²) in [6, 6.07) is 5.34. The van der Waals surface area contributed by atoms with Crippen LogP contribution in [0, 0.1) is 0 Å². The van der Waals surface area contributed by atoms with E-state index in [-0.39, 0.29) is 17.4 Å². The zero-order valence-electron chi connectivity index (χ0n) is 9.52. The summed E-state index contributed by atoms with van der Waals surface area (Å²) in [4.78, 5) is 1.41. The smallest absolute Gasteiger partial charge is 0.406 e. The molecule has 0 spiro atoms. The Labute approximate surface area is 118 Å². The van der Waals surface area contributed by atoms with Crippen LogP contribution in [0.25, 0.3) is 0 Å². The SMILES string of the molecule is NC(=S)N(CC=CCl)c1cccc(OC(F)(F)F)c1. The molecule has 0 atom stereocenters. The van der Waals surface area contributed by atoms with Crippen LogP contribution in [0.4, 0.5) is 18.9 Å². The normalized spacial score (nSPS) is 11.6. The first kappa shape index (κ1) is 15.6. The zero-order chi connectivity index (χ0) is 14.5. The molecule has 0 heterocycles. The quantitative estimate of drug-likeness (QED) is 0.865. The van der Waals surface area contributed by atoms with Crippen molar-refractivity contribution >= 4 is 34.6 Å². The summed E-state index contributed by atoms with van der Waals surface area (Å²) in [6.07, 6.45) is -3.19. The lowest BCUT2D eigenvalue weighted by molar-refractivity contribution is -0.274. The van der Waals surface area contributed by atoms with E-state index >= 15 is 0 Å². The van der Waals surface area contributed by atoms with E-state index in [9.17, 15) is 13.2 Å². The molecular weight excluding hydrogens is 301 g/mol. The number of thiocarbonyl (C=S) groups is 1. The van der Waals surface area contributed by atoms with Crippen LogP contribution in [-0.2, 0) is 0 Å². The average molecular weight is 311 g/mol. The van der Waals surface area contributed by atoms with Gasteiger partial charge in [0.2, 0.25) is 0 Å². The van der Waals surface area contributed by atoms with Crippen molar-refractivity contribution in [1.82, 2.24) is 0 Å². The number of anilines is 1. The van der Waals surface area contributed by atoms with Crippen LogP contribution in [-0.4, -0.2) is 18.0 Å². The van der Waals surface area contributed by atoms with Gasteiger partial charge in [-0.05, 0) is 24.4 Å². The largest absolute Gasteiger partial charge is 0.573 e. The summed E-state index contributed by atoms with van der Waals surface area (Å²) in [5.74, 6) is -0.346. The molecular formula is C11H10ClF3N2OS. The van der Waals surface area contributed by atoms with Crippen molar-refractivity contribution < 1.29 is 17.9 Å². The van der Waals surface area contributed by atoms with Gasteiger partial charge in [0, 0.05) is 23.8 Å². The number of ether oxygens (including phenoxy) is 1. The summed E-state index contributed by atoms with van der Waals surface area (Å²) >= 11 is 10.2. The third kappa shape index (κ3) is 5.35. The lowest BCUT2D eigenvalue weighted by Gasteiger charge is -2.21. The van der Waals surface area contributed by atoms with E-state index < -0.39 is 6.36 Å². The van der Waals surface area contributed by atoms with Crippen molar-refractivity contribution in [2.24, 2.45) is 5.73 Å². The van der Waals surface area contributed by atoms with E-state index in [2.05, 4.69) is 4.74 Å². The van der Waals surface area contributed by atoms with Crippen LogP contribution in [0.1, 0.15) is 0 Å². The highest BCUT2D eigenvalue weighted by atomic mass is 35.5. The van der Waals surface area contributed by atoms with Crippen LogP contribution in [0.15, 0.2) is 35.9 Å². The van der Waals surface area contributed by atoms with E-state index in [0.29, 0.717) is 5.69 Å². The molecule has 104 valence electrons. The molecule has 0 aliphatic rings. The first-order valence-electron chi connectivity index (χ1n) is 5.01. The maximum absolute atomic E-state index is 12.1. The highest BCUT2D eigenvalue weighted by Crippen LogP contribution is 2.26. The molecule has 19 heavy (non-hydrogen) atoms. The first-order valence-corrected chi connectivity index (χ1v) is 5.86. The van der Waals surface area contributed by atoms with Gasteiger partial charge >= 0.3 is 6.36 Å². The van der Waals surface area contributed by atoms with Gasteiger partial charge in [-0.3, -0.25) is 0 Å². The maximum atomic E-state index is 12.1. The number of hydrogen-bond acceptors (Lipinski definition) is 2. The van der Waals surface area contributed by atoms with Gasteiger partial charge in [0.25, 0.3) is 0 Å². The number of hydrogen-bond donors (Lipinski definition) is 1. The molecule has 2 N–H and O–H groups in total. The lowest BCUT2D eigenvalue weighted by atomic mass is 10.2. The Morgan fingerprint density at radius 3 is 2.68 bits per heavy atom. The number of benzene rings is 1. The summed E-state index contributed by atoms with van der Waals surface area (Å²) in [5.41, 5.74) is 7.15. The van der Waals surface area contributed by atoms with Crippen LogP contribution < -0.4 is 15.4 Å². The second-order valence-electron chi connectivity index (χ2n) is 3.36. The van der Waals surface area contributed by atoms with Crippen LogP contribution in [0.3, 0.4) is 0 Å². The van der Waals surface area contributed by atoms with Crippen molar-refractivity contribution in [2.45, 2.75) is 6.36 Å². The zero-order valence-corrected chi connectivity index (χ0v) is 11.1. The molecule has 0 aliphatic carbocycles. The number of nitrogens with two attached hydrogens (primary N) is 1. The van der Waals surface area contributed by atoms with Crippen molar-refractivity contribution in [3.8, 4) is 5.75 Å². The third-order valence-corrected chi connectivity index (χ3v) is 2.40. The van der Waals surface area contributed by atoms with E-state index in [4.69, 9.17) is 29.6 Å². The fourth-order valence-corrected chi connectivity index (χ4v) is 1.58. The Hall–Kier alpha value is -1.47. The van der Waals surface area contributed by atoms with E-state index in [1.165, 1.54) is 28.6 Å². The molecule has 0 radical (unpaired) electrons. The summed E-state index contributed by atoms with van der Waals surface area (Å²) in [7, 11) is 0. The Bertz CT molecular complexity index is 479. The Kier molecular flexibility index (Phi) is 5.44. The first-order chi connectivity index (χ1) is 8.83. The fourth-order valence-electron chi connectivity index (χ4n) is 1.32. The molecule has 0 bridgehead atoms. The van der Waals surface area contributed by atoms with Crippen molar-refractivity contribution in [1.29, 1.82) is 0 Å². The molecule has 1 aromatic rings. The van der Waals surface area contributed by atoms with E-state index in [1.807, 2.05) is 0 Å². The monoisotopic (exact) mass is 310 g/mol. The molecule has 0 saturated carbocycles. The topological polar surface area (TPSA) is 38.5 Å². The van der Waals surface area contributed by atoms with Gasteiger partial charge in [-0.1, -0.05) is 23.7 Å². The lowest BCUT2D eigenvalue weighted by Crippen LogP contribution is -2.35. The van der Waals surface area contributed by atoms with Gasteiger partial charge in [-0.15, -0.1) is 13.2 Å². The molecule has 0 aromatic heterocycles. The minimum atomic E-state index is -4.75. The standard InChI is InChI=1S/C11H10ClF3N2OS/c12-5-2-6-17(10(16)19)8-3-1-4-9(7-8)18-11(13,14)15/h1-5,7H,6H2,(H2,16,19). The molecule has 8 heteroatoms. The molecule has 0 fully saturated rings. The molecule has 1 aromatic carbocycles. The van der Waals surface area contributed by atoms with Gasteiger partial charge < -0.3 is 15.4 Å². The van der Waals surface area contributed by atoms with Crippen LogP contribution in [0.2, 0.25) is 0 Å². The van der Waals surface area contributed by atoms with Gasteiger partial charge in [0.05, 0.1) is 0 Å². The van der Waals surface area contributed by atoms with Crippen molar-refractivity contribution in [2.75, 3.05) is 11.4 Å². The van der Waals surface area contributed by atoms with Crippen molar-refractivity contribution in [3.63, 3.8) is 0 Å². The van der Waals surface area contributed by atoms with Gasteiger partial charge in [0.15, 0.2) is 5.11 Å². The molecule has 3 nitrogen and oxygen atoms in total. The number of nitrogens with zero attached hydrogens (tertiary/aromatic N) is 1.